The molecule has 0 fully saturated rings. The molecule has 0 saturated heterocycles. The summed E-state index contributed by atoms with van der Waals surface area (Å²) in [4.78, 5) is 12.2. The lowest BCUT2D eigenvalue weighted by Gasteiger charge is -2.08. The lowest BCUT2D eigenvalue weighted by atomic mass is 10.0. The van der Waals surface area contributed by atoms with Gasteiger partial charge in [-0.05, 0) is 53.1 Å². The van der Waals surface area contributed by atoms with Gasteiger partial charge in [-0.2, -0.15) is 0 Å². The lowest BCUT2D eigenvalue weighted by Crippen LogP contribution is -2.08. The highest BCUT2D eigenvalue weighted by molar-refractivity contribution is 5.91. The van der Waals surface area contributed by atoms with E-state index < -0.39 is 12.1 Å². The first-order valence-corrected chi connectivity index (χ1v) is 8.31. The molecule has 4 heteroatoms. The van der Waals surface area contributed by atoms with Crippen LogP contribution in [0.1, 0.15) is 22.0 Å². The fourth-order valence-corrected chi connectivity index (χ4v) is 2.56. The summed E-state index contributed by atoms with van der Waals surface area (Å²) in [5.74, 6) is 2.99. The number of ether oxygens (including phenoxy) is 2. The monoisotopic (exact) mass is 358 g/mol. The van der Waals surface area contributed by atoms with Crippen molar-refractivity contribution in [3.05, 3.63) is 83.9 Å². The molecule has 27 heavy (non-hydrogen) atoms. The van der Waals surface area contributed by atoms with Gasteiger partial charge in [0, 0.05) is 0 Å². The first kappa shape index (κ1) is 18.2. The van der Waals surface area contributed by atoms with Crippen LogP contribution in [0.25, 0.3) is 11.1 Å². The van der Waals surface area contributed by atoms with Crippen molar-refractivity contribution in [2.45, 2.75) is 6.10 Å². The highest BCUT2D eigenvalue weighted by Gasteiger charge is 2.09. The maximum Gasteiger partial charge on any atom is 0.343 e. The number of aliphatic hydroxyl groups is 1. The molecule has 0 aliphatic heterocycles. The van der Waals surface area contributed by atoms with Crippen molar-refractivity contribution in [3.8, 4) is 35.0 Å². The van der Waals surface area contributed by atoms with Crippen molar-refractivity contribution in [1.82, 2.24) is 0 Å². The molecule has 0 spiro atoms. The molecule has 0 aliphatic carbocycles. The minimum absolute atomic E-state index is 0.432. The summed E-state index contributed by atoms with van der Waals surface area (Å²) in [7, 11) is 1.57. The fraction of sp³-hybridized carbons (Fsp3) is 0.0870. The number of aliphatic hydroxyl groups excluding tert-OH is 1. The average molecular weight is 358 g/mol. The van der Waals surface area contributed by atoms with Crippen LogP contribution in [0.15, 0.2) is 72.8 Å². The Morgan fingerprint density at radius 2 is 1.41 bits per heavy atom. The number of carbonyl (C=O) groups is 1. The summed E-state index contributed by atoms with van der Waals surface area (Å²) in [6.45, 7) is 0. The van der Waals surface area contributed by atoms with E-state index in [1.54, 1.807) is 55.6 Å². The van der Waals surface area contributed by atoms with Gasteiger partial charge in [0.1, 0.15) is 17.6 Å². The normalized spacial score (nSPS) is 11.3. The molecule has 0 radical (unpaired) electrons. The number of benzene rings is 3. The summed E-state index contributed by atoms with van der Waals surface area (Å²) in [6, 6.07) is 21.3. The third-order valence-corrected chi connectivity index (χ3v) is 4.11. The van der Waals surface area contributed by atoms with E-state index in [2.05, 4.69) is 5.92 Å². The third kappa shape index (κ3) is 4.35. The average Bonchev–Trinajstić information content (AvgIpc) is 2.74. The van der Waals surface area contributed by atoms with Gasteiger partial charge in [0.2, 0.25) is 0 Å². The maximum absolute atomic E-state index is 12.2. The van der Waals surface area contributed by atoms with Crippen molar-refractivity contribution in [3.63, 3.8) is 0 Å². The van der Waals surface area contributed by atoms with Crippen LogP contribution in [-0.2, 0) is 0 Å². The molecule has 0 bridgehead atoms. The zero-order chi connectivity index (χ0) is 19.2. The SMILES string of the molecule is C#CC(O)c1ccc(-c2ccc(OC(=O)c3ccc(OC)cc3)cc2)cc1. The Kier molecular flexibility index (Phi) is 5.55. The second-order valence-corrected chi connectivity index (χ2v) is 5.83. The quantitative estimate of drug-likeness (QED) is 0.421. The largest absolute Gasteiger partial charge is 0.497 e. The molecular formula is C23H18O4. The summed E-state index contributed by atoms with van der Waals surface area (Å²) < 4.78 is 10.5. The number of terminal acetylenes is 1. The molecule has 0 aliphatic rings. The molecule has 1 unspecified atom stereocenters. The standard InChI is InChI=1S/C23H18O4/c1-3-22(24)18-6-4-16(5-7-18)17-8-14-21(15-9-17)27-23(25)19-10-12-20(26-2)13-11-19/h1,4-15,22,24H,2H3. The zero-order valence-corrected chi connectivity index (χ0v) is 14.8. The summed E-state index contributed by atoms with van der Waals surface area (Å²) in [5, 5.41) is 9.64. The van der Waals surface area contributed by atoms with Crippen molar-refractivity contribution < 1.29 is 19.4 Å². The second kappa shape index (κ2) is 8.22. The Balaban J connectivity index is 1.69. The zero-order valence-electron chi connectivity index (χ0n) is 14.8. The summed E-state index contributed by atoms with van der Waals surface area (Å²) in [6.07, 6.45) is 4.31. The number of hydrogen-bond acceptors (Lipinski definition) is 4. The van der Waals surface area contributed by atoms with Crippen LogP contribution < -0.4 is 9.47 Å². The van der Waals surface area contributed by atoms with E-state index in [9.17, 15) is 9.90 Å². The molecule has 134 valence electrons. The van der Waals surface area contributed by atoms with Gasteiger partial charge in [-0.3, -0.25) is 0 Å². The maximum atomic E-state index is 12.2. The van der Waals surface area contributed by atoms with Gasteiger partial charge < -0.3 is 14.6 Å². The van der Waals surface area contributed by atoms with Gasteiger partial charge in [-0.1, -0.05) is 42.3 Å². The first-order valence-electron chi connectivity index (χ1n) is 8.31. The highest BCUT2D eigenvalue weighted by atomic mass is 16.5. The topological polar surface area (TPSA) is 55.8 Å². The molecule has 1 atom stereocenters. The third-order valence-electron chi connectivity index (χ3n) is 4.11. The Hall–Kier alpha value is -3.55. The van der Waals surface area contributed by atoms with E-state index in [0.29, 0.717) is 22.6 Å². The van der Waals surface area contributed by atoms with Crippen LogP contribution in [0.3, 0.4) is 0 Å². The van der Waals surface area contributed by atoms with E-state index in [-0.39, 0.29) is 0 Å². The van der Waals surface area contributed by atoms with Gasteiger partial charge in [0.05, 0.1) is 12.7 Å². The molecule has 0 aromatic heterocycles. The van der Waals surface area contributed by atoms with Crippen molar-refractivity contribution in [1.29, 1.82) is 0 Å². The van der Waals surface area contributed by atoms with E-state index in [4.69, 9.17) is 15.9 Å². The van der Waals surface area contributed by atoms with E-state index in [1.165, 1.54) is 0 Å². The Bertz CT molecular complexity index is 949. The van der Waals surface area contributed by atoms with Gasteiger partial charge in [-0.25, -0.2) is 4.79 Å². The van der Waals surface area contributed by atoms with Crippen molar-refractivity contribution >= 4 is 5.97 Å². The highest BCUT2D eigenvalue weighted by Crippen LogP contribution is 2.25. The van der Waals surface area contributed by atoms with Gasteiger partial charge in [-0.15, -0.1) is 6.42 Å². The fourth-order valence-electron chi connectivity index (χ4n) is 2.56. The predicted molar refractivity (Wildman–Crippen MR) is 104 cm³/mol. The lowest BCUT2D eigenvalue weighted by molar-refractivity contribution is 0.0734. The van der Waals surface area contributed by atoms with Crippen LogP contribution in [-0.4, -0.2) is 18.2 Å². The summed E-state index contributed by atoms with van der Waals surface area (Å²) in [5.41, 5.74) is 3.05. The number of carbonyl (C=O) groups excluding carboxylic acids is 1. The molecule has 3 rings (SSSR count). The smallest absolute Gasteiger partial charge is 0.343 e. The molecule has 1 N–H and O–H groups in total. The van der Waals surface area contributed by atoms with E-state index in [1.807, 2.05) is 24.3 Å². The second-order valence-electron chi connectivity index (χ2n) is 5.83. The number of esters is 1. The van der Waals surface area contributed by atoms with Gasteiger partial charge in [0.15, 0.2) is 0 Å². The van der Waals surface area contributed by atoms with Crippen LogP contribution in [0.5, 0.6) is 11.5 Å². The van der Waals surface area contributed by atoms with Crippen LogP contribution in [0.2, 0.25) is 0 Å². The molecular weight excluding hydrogens is 340 g/mol. The number of hydrogen-bond donors (Lipinski definition) is 1. The molecule has 4 nitrogen and oxygen atoms in total. The minimum Gasteiger partial charge on any atom is -0.497 e. The molecule has 3 aromatic carbocycles. The molecule has 0 saturated carbocycles. The number of rotatable bonds is 5. The summed E-state index contributed by atoms with van der Waals surface area (Å²) >= 11 is 0. The van der Waals surface area contributed by atoms with Crippen molar-refractivity contribution in [2.24, 2.45) is 0 Å². The minimum atomic E-state index is -0.904. The Morgan fingerprint density at radius 3 is 1.93 bits per heavy atom. The van der Waals surface area contributed by atoms with Crippen molar-refractivity contribution in [2.75, 3.05) is 7.11 Å². The number of methoxy groups -OCH3 is 1. The van der Waals surface area contributed by atoms with Crippen LogP contribution >= 0.6 is 0 Å². The Labute approximate surface area is 158 Å². The molecule has 0 amide bonds. The van der Waals surface area contributed by atoms with Gasteiger partial charge in [0.25, 0.3) is 0 Å². The Morgan fingerprint density at radius 1 is 0.889 bits per heavy atom. The van der Waals surface area contributed by atoms with Crippen LogP contribution in [0.4, 0.5) is 0 Å². The molecule has 0 heterocycles. The van der Waals surface area contributed by atoms with E-state index in [0.717, 1.165) is 11.1 Å². The van der Waals surface area contributed by atoms with Crippen LogP contribution in [0, 0.1) is 12.3 Å². The molecule has 3 aromatic rings. The van der Waals surface area contributed by atoms with Gasteiger partial charge >= 0.3 is 5.97 Å². The predicted octanol–water partition coefficient (Wildman–Crippen LogP) is 4.25. The van der Waals surface area contributed by atoms with E-state index >= 15 is 0 Å². The first-order chi connectivity index (χ1) is 13.1.